The van der Waals surface area contributed by atoms with Crippen LogP contribution in [0.2, 0.25) is 0 Å². The van der Waals surface area contributed by atoms with Gasteiger partial charge >= 0.3 is 12.0 Å². The maximum absolute atomic E-state index is 11.4. The van der Waals surface area contributed by atoms with E-state index in [1.54, 1.807) is 0 Å². The Balaban J connectivity index is 1.94. The lowest BCUT2D eigenvalue weighted by Crippen LogP contribution is -2.42. The second-order valence-corrected chi connectivity index (χ2v) is 4.56. The van der Waals surface area contributed by atoms with Crippen LogP contribution >= 0.6 is 0 Å². The van der Waals surface area contributed by atoms with Gasteiger partial charge in [-0.15, -0.1) is 0 Å². The highest BCUT2D eigenvalue weighted by atomic mass is 16.5. The van der Waals surface area contributed by atoms with Gasteiger partial charge in [-0.25, -0.2) is 4.79 Å². The minimum absolute atomic E-state index is 0.109. The molecule has 1 fully saturated rings. The standard InChI is InChI=1S/C12H22N2O3/c1-9(10-6-7-10)14-12(16)13-8-4-3-5-11(15)17-2/h9-10H,3-8H2,1-2H3,(H2,13,14,16). The Bertz CT molecular complexity index is 264. The largest absolute Gasteiger partial charge is 0.469 e. The Labute approximate surface area is 102 Å². The first kappa shape index (κ1) is 13.8. The van der Waals surface area contributed by atoms with Gasteiger partial charge in [0.15, 0.2) is 0 Å². The molecule has 2 amide bonds. The number of nitrogens with one attached hydrogen (secondary N) is 2. The average molecular weight is 242 g/mol. The van der Waals surface area contributed by atoms with E-state index in [-0.39, 0.29) is 18.0 Å². The van der Waals surface area contributed by atoms with Crippen LogP contribution in [0.25, 0.3) is 0 Å². The third kappa shape index (κ3) is 6.14. The van der Waals surface area contributed by atoms with Crippen molar-refractivity contribution in [3.8, 4) is 0 Å². The summed E-state index contributed by atoms with van der Waals surface area (Å²) < 4.78 is 4.53. The number of unbranched alkanes of at least 4 members (excludes halogenated alkanes) is 1. The molecule has 5 nitrogen and oxygen atoms in total. The number of amides is 2. The van der Waals surface area contributed by atoms with Gasteiger partial charge in [-0.2, -0.15) is 0 Å². The van der Waals surface area contributed by atoms with Gasteiger partial charge in [-0.3, -0.25) is 4.79 Å². The predicted octanol–water partition coefficient (Wildman–Crippen LogP) is 1.43. The third-order valence-corrected chi connectivity index (χ3v) is 3.01. The molecule has 0 aromatic carbocycles. The molecule has 0 aromatic rings. The van der Waals surface area contributed by atoms with Crippen molar-refractivity contribution >= 4 is 12.0 Å². The Hall–Kier alpha value is -1.26. The number of hydrogen-bond acceptors (Lipinski definition) is 3. The van der Waals surface area contributed by atoms with E-state index in [1.165, 1.54) is 20.0 Å². The second-order valence-electron chi connectivity index (χ2n) is 4.56. The maximum Gasteiger partial charge on any atom is 0.315 e. The van der Waals surface area contributed by atoms with E-state index < -0.39 is 0 Å². The minimum Gasteiger partial charge on any atom is -0.469 e. The van der Waals surface area contributed by atoms with E-state index in [4.69, 9.17) is 0 Å². The van der Waals surface area contributed by atoms with E-state index in [0.29, 0.717) is 18.9 Å². The van der Waals surface area contributed by atoms with Crippen LogP contribution < -0.4 is 10.6 Å². The number of carbonyl (C=O) groups excluding carboxylic acids is 2. The number of carbonyl (C=O) groups is 2. The average Bonchev–Trinajstić information content (AvgIpc) is 3.11. The van der Waals surface area contributed by atoms with Crippen molar-refractivity contribution in [3.63, 3.8) is 0 Å². The van der Waals surface area contributed by atoms with Crippen LogP contribution in [-0.4, -0.2) is 31.7 Å². The molecular weight excluding hydrogens is 220 g/mol. The van der Waals surface area contributed by atoms with Gasteiger partial charge in [0.1, 0.15) is 0 Å². The van der Waals surface area contributed by atoms with Gasteiger partial charge < -0.3 is 15.4 Å². The summed E-state index contributed by atoms with van der Waals surface area (Å²) in [6, 6.07) is 0.160. The molecule has 0 heterocycles. The normalized spacial score (nSPS) is 16.1. The van der Waals surface area contributed by atoms with Crippen LogP contribution in [0, 0.1) is 5.92 Å². The molecule has 1 unspecified atom stereocenters. The van der Waals surface area contributed by atoms with Crippen molar-refractivity contribution in [2.45, 2.75) is 45.1 Å². The fraction of sp³-hybridized carbons (Fsp3) is 0.833. The van der Waals surface area contributed by atoms with Gasteiger partial charge in [-0.05, 0) is 38.5 Å². The molecule has 0 saturated heterocycles. The Morgan fingerprint density at radius 1 is 1.35 bits per heavy atom. The lowest BCUT2D eigenvalue weighted by molar-refractivity contribution is -0.140. The first-order valence-electron chi connectivity index (χ1n) is 6.24. The van der Waals surface area contributed by atoms with Crippen molar-refractivity contribution in [2.75, 3.05) is 13.7 Å². The van der Waals surface area contributed by atoms with Crippen LogP contribution in [0.5, 0.6) is 0 Å². The van der Waals surface area contributed by atoms with Crippen LogP contribution in [0.1, 0.15) is 39.0 Å². The molecule has 1 aliphatic carbocycles. The summed E-state index contributed by atoms with van der Waals surface area (Å²) in [5, 5.41) is 5.70. The first-order chi connectivity index (χ1) is 8.13. The Morgan fingerprint density at radius 3 is 2.65 bits per heavy atom. The number of esters is 1. The zero-order valence-electron chi connectivity index (χ0n) is 10.6. The molecule has 1 atom stereocenters. The van der Waals surface area contributed by atoms with E-state index >= 15 is 0 Å². The molecule has 5 heteroatoms. The molecule has 1 aliphatic rings. The highest BCUT2D eigenvalue weighted by Crippen LogP contribution is 2.32. The van der Waals surface area contributed by atoms with Gasteiger partial charge in [0, 0.05) is 19.0 Å². The summed E-state index contributed by atoms with van der Waals surface area (Å²) in [7, 11) is 1.38. The van der Waals surface area contributed by atoms with Gasteiger partial charge in [0.25, 0.3) is 0 Å². The number of ether oxygens (including phenoxy) is 1. The molecule has 17 heavy (non-hydrogen) atoms. The zero-order valence-corrected chi connectivity index (χ0v) is 10.6. The van der Waals surface area contributed by atoms with Gasteiger partial charge in [0.2, 0.25) is 0 Å². The van der Waals surface area contributed by atoms with Gasteiger partial charge in [-0.1, -0.05) is 0 Å². The number of rotatable bonds is 7. The molecule has 0 spiro atoms. The lowest BCUT2D eigenvalue weighted by atomic mass is 10.2. The molecular formula is C12H22N2O3. The molecule has 2 N–H and O–H groups in total. The highest BCUT2D eigenvalue weighted by Gasteiger charge is 2.28. The summed E-state index contributed by atoms with van der Waals surface area (Å²) in [5.74, 6) is 0.469. The Morgan fingerprint density at radius 2 is 2.06 bits per heavy atom. The number of hydrogen-bond donors (Lipinski definition) is 2. The predicted molar refractivity (Wildman–Crippen MR) is 64.6 cm³/mol. The lowest BCUT2D eigenvalue weighted by Gasteiger charge is -2.13. The van der Waals surface area contributed by atoms with Crippen LogP contribution in [0.4, 0.5) is 4.79 Å². The van der Waals surface area contributed by atoms with E-state index in [1.807, 2.05) is 6.92 Å². The summed E-state index contributed by atoms with van der Waals surface area (Å²) in [6.45, 7) is 2.63. The van der Waals surface area contributed by atoms with E-state index in [0.717, 1.165) is 12.8 Å². The molecule has 0 aliphatic heterocycles. The van der Waals surface area contributed by atoms with E-state index in [9.17, 15) is 9.59 Å². The summed E-state index contributed by atoms with van der Waals surface area (Å²) in [6.07, 6.45) is 4.39. The highest BCUT2D eigenvalue weighted by molar-refractivity contribution is 5.74. The van der Waals surface area contributed by atoms with Crippen LogP contribution in [0.3, 0.4) is 0 Å². The van der Waals surface area contributed by atoms with Crippen molar-refractivity contribution in [1.82, 2.24) is 10.6 Å². The molecule has 0 aromatic heterocycles. The minimum atomic E-state index is -0.197. The molecule has 1 rings (SSSR count). The SMILES string of the molecule is COC(=O)CCCCNC(=O)NC(C)C1CC1. The van der Waals surface area contributed by atoms with E-state index in [2.05, 4.69) is 15.4 Å². The van der Waals surface area contributed by atoms with Gasteiger partial charge in [0.05, 0.1) is 7.11 Å². The van der Waals surface area contributed by atoms with Crippen molar-refractivity contribution in [3.05, 3.63) is 0 Å². The van der Waals surface area contributed by atoms with Crippen molar-refractivity contribution < 1.29 is 14.3 Å². The number of methoxy groups -OCH3 is 1. The Kier molecular flexibility index (Phi) is 5.80. The quantitative estimate of drug-likeness (QED) is 0.524. The molecule has 0 bridgehead atoms. The second kappa shape index (κ2) is 7.14. The summed E-state index contributed by atoms with van der Waals surface area (Å²) in [5.41, 5.74) is 0. The maximum atomic E-state index is 11.4. The van der Waals surface area contributed by atoms with Crippen LogP contribution in [0.15, 0.2) is 0 Å². The van der Waals surface area contributed by atoms with Crippen molar-refractivity contribution in [1.29, 1.82) is 0 Å². The molecule has 1 saturated carbocycles. The molecule has 0 radical (unpaired) electrons. The smallest absolute Gasteiger partial charge is 0.315 e. The topological polar surface area (TPSA) is 67.4 Å². The number of urea groups is 1. The van der Waals surface area contributed by atoms with Crippen molar-refractivity contribution in [2.24, 2.45) is 5.92 Å². The fourth-order valence-electron chi connectivity index (χ4n) is 1.67. The summed E-state index contributed by atoms with van der Waals surface area (Å²) >= 11 is 0. The van der Waals surface area contributed by atoms with Crippen LogP contribution in [-0.2, 0) is 9.53 Å². The summed E-state index contributed by atoms with van der Waals surface area (Å²) in [4.78, 5) is 22.2. The zero-order chi connectivity index (χ0) is 12.7. The monoisotopic (exact) mass is 242 g/mol. The fourth-order valence-corrected chi connectivity index (χ4v) is 1.67. The molecule has 98 valence electrons. The first-order valence-corrected chi connectivity index (χ1v) is 6.24. The third-order valence-electron chi connectivity index (χ3n) is 3.01.